The summed E-state index contributed by atoms with van der Waals surface area (Å²) in [4.78, 5) is 0. The van der Waals surface area contributed by atoms with Crippen LogP contribution in [0.2, 0.25) is 0 Å². The average molecular weight is 264 g/mol. The first-order chi connectivity index (χ1) is 9.05. The van der Waals surface area contributed by atoms with Gasteiger partial charge in [-0.1, -0.05) is 32.0 Å². The molecule has 0 aromatic heterocycles. The van der Waals surface area contributed by atoms with Crippen LogP contribution in [0.3, 0.4) is 0 Å². The predicted octanol–water partition coefficient (Wildman–Crippen LogP) is 2.85. The van der Waals surface area contributed by atoms with Crippen LogP contribution in [0.5, 0.6) is 0 Å². The molecule has 0 heterocycles. The third-order valence-corrected chi connectivity index (χ3v) is 3.44. The van der Waals surface area contributed by atoms with Crippen molar-refractivity contribution in [3.8, 4) is 0 Å². The van der Waals surface area contributed by atoms with E-state index in [-0.39, 0.29) is 0 Å². The molecule has 0 radical (unpaired) electrons. The minimum Gasteiger partial charge on any atom is -0.399 e. The predicted molar refractivity (Wildman–Crippen MR) is 82.3 cm³/mol. The molecule has 0 fully saturated rings. The molecule has 0 atom stereocenters. The van der Waals surface area contributed by atoms with Crippen LogP contribution in [0.1, 0.15) is 32.3 Å². The van der Waals surface area contributed by atoms with Gasteiger partial charge in [0.25, 0.3) is 0 Å². The van der Waals surface area contributed by atoms with E-state index in [0.717, 1.165) is 44.6 Å². The molecule has 0 aliphatic carbocycles. The summed E-state index contributed by atoms with van der Waals surface area (Å²) in [5.41, 5.74) is 8.38. The number of hydrogen-bond acceptors (Lipinski definition) is 3. The van der Waals surface area contributed by atoms with Crippen molar-refractivity contribution in [1.29, 1.82) is 0 Å². The number of hydrogen-bond donors (Lipinski definition) is 2. The molecule has 19 heavy (non-hydrogen) atoms. The van der Waals surface area contributed by atoms with Crippen molar-refractivity contribution in [2.45, 2.75) is 33.1 Å². The first-order valence-corrected chi connectivity index (χ1v) is 7.08. The summed E-state index contributed by atoms with van der Waals surface area (Å²) in [5, 5.41) is 3.53. The van der Waals surface area contributed by atoms with Gasteiger partial charge in [0.15, 0.2) is 0 Å². The molecule has 1 aromatic rings. The Morgan fingerprint density at radius 1 is 1.26 bits per heavy atom. The summed E-state index contributed by atoms with van der Waals surface area (Å²) < 4.78 is 5.13. The Bertz CT molecular complexity index is 364. The van der Waals surface area contributed by atoms with Crippen LogP contribution in [0.4, 0.5) is 5.69 Å². The second kappa shape index (κ2) is 8.18. The molecule has 0 saturated heterocycles. The van der Waals surface area contributed by atoms with E-state index in [9.17, 15) is 0 Å². The number of rotatable bonds is 9. The number of aryl methyl sites for hydroxylation is 1. The molecule has 0 aliphatic rings. The van der Waals surface area contributed by atoms with E-state index in [4.69, 9.17) is 10.5 Å². The van der Waals surface area contributed by atoms with Gasteiger partial charge in [0.2, 0.25) is 0 Å². The summed E-state index contributed by atoms with van der Waals surface area (Å²) in [6, 6.07) is 8.11. The summed E-state index contributed by atoms with van der Waals surface area (Å²) in [5.74, 6) is 0. The van der Waals surface area contributed by atoms with Crippen LogP contribution in [0.25, 0.3) is 0 Å². The van der Waals surface area contributed by atoms with E-state index in [1.165, 1.54) is 5.56 Å². The monoisotopic (exact) mass is 264 g/mol. The minimum atomic E-state index is 0.293. The molecule has 0 unspecified atom stereocenters. The van der Waals surface area contributed by atoms with E-state index < -0.39 is 0 Å². The van der Waals surface area contributed by atoms with Gasteiger partial charge < -0.3 is 15.8 Å². The first kappa shape index (κ1) is 16.0. The van der Waals surface area contributed by atoms with E-state index in [1.807, 2.05) is 18.2 Å². The SMILES string of the molecule is COCCC(C)(C)CNCCCc1ccccc1N. The van der Waals surface area contributed by atoms with Gasteiger partial charge in [-0.05, 0) is 42.9 Å². The van der Waals surface area contributed by atoms with Crippen LogP contribution in [0, 0.1) is 5.41 Å². The molecular formula is C16H28N2O. The molecule has 1 rings (SSSR count). The van der Waals surface area contributed by atoms with Crippen LogP contribution in [-0.4, -0.2) is 26.8 Å². The molecule has 0 saturated carbocycles. The summed E-state index contributed by atoms with van der Waals surface area (Å²) in [7, 11) is 1.76. The second-order valence-corrected chi connectivity index (χ2v) is 5.89. The smallest absolute Gasteiger partial charge is 0.0467 e. The van der Waals surface area contributed by atoms with Crippen molar-refractivity contribution >= 4 is 5.69 Å². The maximum atomic E-state index is 5.93. The number of ether oxygens (including phenoxy) is 1. The normalized spacial score (nSPS) is 11.7. The van der Waals surface area contributed by atoms with Crippen molar-refractivity contribution < 1.29 is 4.74 Å². The largest absolute Gasteiger partial charge is 0.399 e. The number of nitrogens with two attached hydrogens (primary N) is 1. The average Bonchev–Trinajstić information content (AvgIpc) is 2.38. The minimum absolute atomic E-state index is 0.293. The first-order valence-electron chi connectivity index (χ1n) is 7.08. The number of nitrogen functional groups attached to an aromatic ring is 1. The van der Waals surface area contributed by atoms with Crippen molar-refractivity contribution in [1.82, 2.24) is 5.32 Å². The summed E-state index contributed by atoms with van der Waals surface area (Å²) in [6.07, 6.45) is 3.24. The van der Waals surface area contributed by atoms with Gasteiger partial charge in [-0.2, -0.15) is 0 Å². The standard InChI is InChI=1S/C16H28N2O/c1-16(2,10-12-19-3)13-18-11-6-8-14-7-4-5-9-15(14)17/h4-5,7,9,18H,6,8,10-13,17H2,1-3H3. The van der Waals surface area contributed by atoms with Crippen molar-refractivity contribution in [2.75, 3.05) is 32.5 Å². The number of para-hydroxylation sites is 1. The lowest BCUT2D eigenvalue weighted by atomic mass is 9.89. The van der Waals surface area contributed by atoms with Gasteiger partial charge >= 0.3 is 0 Å². The maximum Gasteiger partial charge on any atom is 0.0467 e. The zero-order valence-electron chi connectivity index (χ0n) is 12.5. The molecule has 0 amide bonds. The topological polar surface area (TPSA) is 47.3 Å². The Morgan fingerprint density at radius 2 is 2.00 bits per heavy atom. The fourth-order valence-electron chi connectivity index (χ4n) is 2.06. The zero-order valence-corrected chi connectivity index (χ0v) is 12.5. The number of nitrogens with one attached hydrogen (secondary N) is 1. The highest BCUT2D eigenvalue weighted by atomic mass is 16.5. The van der Waals surface area contributed by atoms with Crippen molar-refractivity contribution in [2.24, 2.45) is 5.41 Å². The molecule has 3 nitrogen and oxygen atoms in total. The number of methoxy groups -OCH3 is 1. The second-order valence-electron chi connectivity index (χ2n) is 5.89. The third-order valence-electron chi connectivity index (χ3n) is 3.44. The quantitative estimate of drug-likeness (QED) is 0.532. The van der Waals surface area contributed by atoms with E-state index >= 15 is 0 Å². The van der Waals surface area contributed by atoms with Crippen LogP contribution in [-0.2, 0) is 11.2 Å². The Labute approximate surface area is 117 Å². The van der Waals surface area contributed by atoms with Gasteiger partial charge in [-0.3, -0.25) is 0 Å². The summed E-state index contributed by atoms with van der Waals surface area (Å²) >= 11 is 0. The van der Waals surface area contributed by atoms with Crippen LogP contribution < -0.4 is 11.1 Å². The third kappa shape index (κ3) is 6.60. The zero-order chi connectivity index (χ0) is 14.1. The Hall–Kier alpha value is -1.06. The summed E-state index contributed by atoms with van der Waals surface area (Å²) in [6.45, 7) is 7.43. The number of anilines is 1. The lowest BCUT2D eigenvalue weighted by molar-refractivity contribution is 0.151. The molecule has 3 N–H and O–H groups in total. The fraction of sp³-hybridized carbons (Fsp3) is 0.625. The highest BCUT2D eigenvalue weighted by Crippen LogP contribution is 2.18. The van der Waals surface area contributed by atoms with Crippen LogP contribution >= 0.6 is 0 Å². The molecule has 0 aliphatic heterocycles. The van der Waals surface area contributed by atoms with Gasteiger partial charge in [0.1, 0.15) is 0 Å². The van der Waals surface area contributed by atoms with Gasteiger partial charge in [0.05, 0.1) is 0 Å². The fourth-order valence-corrected chi connectivity index (χ4v) is 2.06. The van der Waals surface area contributed by atoms with E-state index in [2.05, 4.69) is 25.2 Å². The molecule has 1 aromatic carbocycles. The molecule has 0 bridgehead atoms. The van der Waals surface area contributed by atoms with Gasteiger partial charge in [-0.25, -0.2) is 0 Å². The Kier molecular flexibility index (Phi) is 6.89. The maximum absolute atomic E-state index is 5.93. The highest BCUT2D eigenvalue weighted by Gasteiger charge is 2.16. The highest BCUT2D eigenvalue weighted by molar-refractivity contribution is 5.46. The lowest BCUT2D eigenvalue weighted by Gasteiger charge is -2.24. The van der Waals surface area contributed by atoms with Crippen LogP contribution in [0.15, 0.2) is 24.3 Å². The molecule has 0 spiro atoms. The lowest BCUT2D eigenvalue weighted by Crippen LogP contribution is -2.31. The number of benzene rings is 1. The molecule has 108 valence electrons. The van der Waals surface area contributed by atoms with Gasteiger partial charge in [0, 0.05) is 25.9 Å². The molecule has 3 heteroatoms. The van der Waals surface area contributed by atoms with E-state index in [0.29, 0.717) is 5.41 Å². The van der Waals surface area contributed by atoms with Crippen molar-refractivity contribution in [3.05, 3.63) is 29.8 Å². The molecular weight excluding hydrogens is 236 g/mol. The van der Waals surface area contributed by atoms with Gasteiger partial charge in [-0.15, -0.1) is 0 Å². The Balaban J connectivity index is 2.16. The van der Waals surface area contributed by atoms with E-state index in [1.54, 1.807) is 7.11 Å². The van der Waals surface area contributed by atoms with Crippen molar-refractivity contribution in [3.63, 3.8) is 0 Å². The Morgan fingerprint density at radius 3 is 2.68 bits per heavy atom.